The monoisotopic (exact) mass is 208 g/mol. The van der Waals surface area contributed by atoms with Crippen LogP contribution in [0, 0.1) is 0 Å². The lowest BCUT2D eigenvalue weighted by Gasteiger charge is -2.28. The Labute approximate surface area is 89.3 Å². The summed E-state index contributed by atoms with van der Waals surface area (Å²) in [4.78, 5) is 8.18. The van der Waals surface area contributed by atoms with Crippen molar-refractivity contribution in [3.63, 3.8) is 0 Å². The zero-order valence-corrected chi connectivity index (χ0v) is 8.86. The molecule has 2 rings (SSSR count). The van der Waals surface area contributed by atoms with Gasteiger partial charge in [0.05, 0.1) is 12.6 Å². The maximum Gasteiger partial charge on any atom is 0.218 e. The standard InChI is InChI=1S/C10H16N4O/c1-2-3-15-10-4-9(12-7-13-10)14-8-5-11-6-8/h4,7-8,11H,2-3,5-6H2,1H3,(H,12,13,14). The number of ether oxygens (including phenoxy) is 1. The minimum Gasteiger partial charge on any atom is -0.478 e. The lowest BCUT2D eigenvalue weighted by atomic mass is 10.2. The van der Waals surface area contributed by atoms with Crippen molar-refractivity contribution in [3.8, 4) is 5.88 Å². The summed E-state index contributed by atoms with van der Waals surface area (Å²) in [5.74, 6) is 1.48. The molecular weight excluding hydrogens is 192 g/mol. The van der Waals surface area contributed by atoms with Crippen LogP contribution in [0.2, 0.25) is 0 Å². The van der Waals surface area contributed by atoms with Crippen LogP contribution in [0.25, 0.3) is 0 Å². The Morgan fingerprint density at radius 2 is 2.40 bits per heavy atom. The average molecular weight is 208 g/mol. The first kappa shape index (κ1) is 10.2. The molecular formula is C10H16N4O. The zero-order chi connectivity index (χ0) is 10.5. The zero-order valence-electron chi connectivity index (χ0n) is 8.86. The van der Waals surface area contributed by atoms with Crippen molar-refractivity contribution in [2.45, 2.75) is 19.4 Å². The van der Waals surface area contributed by atoms with Crippen molar-refractivity contribution in [1.82, 2.24) is 15.3 Å². The molecule has 0 saturated carbocycles. The van der Waals surface area contributed by atoms with E-state index in [1.165, 1.54) is 6.33 Å². The number of nitrogens with one attached hydrogen (secondary N) is 2. The van der Waals surface area contributed by atoms with Gasteiger partial charge in [-0.25, -0.2) is 9.97 Å². The van der Waals surface area contributed by atoms with E-state index in [2.05, 4.69) is 27.5 Å². The van der Waals surface area contributed by atoms with E-state index in [9.17, 15) is 0 Å². The number of anilines is 1. The summed E-state index contributed by atoms with van der Waals surface area (Å²) < 4.78 is 5.42. The first-order valence-corrected chi connectivity index (χ1v) is 5.30. The van der Waals surface area contributed by atoms with Gasteiger partial charge < -0.3 is 15.4 Å². The molecule has 1 fully saturated rings. The molecule has 0 spiro atoms. The van der Waals surface area contributed by atoms with Crippen molar-refractivity contribution in [3.05, 3.63) is 12.4 Å². The summed E-state index contributed by atoms with van der Waals surface area (Å²) in [5.41, 5.74) is 0. The Morgan fingerprint density at radius 3 is 3.07 bits per heavy atom. The van der Waals surface area contributed by atoms with E-state index in [0.29, 0.717) is 18.5 Å². The summed E-state index contributed by atoms with van der Waals surface area (Å²) in [7, 11) is 0. The van der Waals surface area contributed by atoms with Crippen LogP contribution < -0.4 is 15.4 Å². The molecule has 0 atom stereocenters. The maximum absolute atomic E-state index is 5.42. The molecule has 1 aromatic heterocycles. The Balaban J connectivity index is 1.92. The van der Waals surface area contributed by atoms with Gasteiger partial charge in [0.2, 0.25) is 5.88 Å². The molecule has 5 heteroatoms. The molecule has 15 heavy (non-hydrogen) atoms. The SMILES string of the molecule is CCCOc1cc(NC2CNC2)ncn1. The van der Waals surface area contributed by atoms with Gasteiger partial charge in [-0.1, -0.05) is 6.92 Å². The summed E-state index contributed by atoms with van der Waals surface area (Å²) in [5, 5.41) is 6.49. The van der Waals surface area contributed by atoms with E-state index in [1.54, 1.807) is 0 Å². The van der Waals surface area contributed by atoms with E-state index in [0.717, 1.165) is 25.3 Å². The third-order valence-corrected chi connectivity index (χ3v) is 2.23. The summed E-state index contributed by atoms with van der Waals surface area (Å²) in [6.45, 7) is 4.76. The molecule has 1 saturated heterocycles. The van der Waals surface area contributed by atoms with E-state index < -0.39 is 0 Å². The fraction of sp³-hybridized carbons (Fsp3) is 0.600. The van der Waals surface area contributed by atoms with E-state index >= 15 is 0 Å². The van der Waals surface area contributed by atoms with Crippen LogP contribution in [0.3, 0.4) is 0 Å². The maximum atomic E-state index is 5.42. The molecule has 0 bridgehead atoms. The fourth-order valence-corrected chi connectivity index (χ4v) is 1.30. The summed E-state index contributed by atoms with van der Waals surface area (Å²) in [6.07, 6.45) is 2.51. The van der Waals surface area contributed by atoms with E-state index in [1.807, 2.05) is 6.07 Å². The van der Waals surface area contributed by atoms with E-state index in [-0.39, 0.29) is 0 Å². The van der Waals surface area contributed by atoms with Crippen LogP contribution in [0.5, 0.6) is 5.88 Å². The second kappa shape index (κ2) is 4.93. The molecule has 1 aliphatic rings. The normalized spacial score (nSPS) is 15.8. The predicted octanol–water partition coefficient (Wildman–Crippen LogP) is 0.649. The van der Waals surface area contributed by atoms with Crippen molar-refractivity contribution in [2.75, 3.05) is 25.0 Å². The number of rotatable bonds is 5. The Hall–Kier alpha value is -1.36. The van der Waals surface area contributed by atoms with Gasteiger partial charge in [0.15, 0.2) is 0 Å². The molecule has 82 valence electrons. The lowest BCUT2D eigenvalue weighted by Crippen LogP contribution is -2.51. The van der Waals surface area contributed by atoms with Crippen LogP contribution in [0.4, 0.5) is 5.82 Å². The molecule has 0 radical (unpaired) electrons. The molecule has 0 amide bonds. The Kier molecular flexibility index (Phi) is 3.34. The Bertz CT molecular complexity index is 314. The van der Waals surface area contributed by atoms with Gasteiger partial charge in [-0.3, -0.25) is 0 Å². The highest BCUT2D eigenvalue weighted by molar-refractivity contribution is 5.38. The Morgan fingerprint density at radius 1 is 1.53 bits per heavy atom. The quantitative estimate of drug-likeness (QED) is 0.744. The highest BCUT2D eigenvalue weighted by Crippen LogP contribution is 2.12. The first-order chi connectivity index (χ1) is 7.38. The van der Waals surface area contributed by atoms with Gasteiger partial charge in [-0.2, -0.15) is 0 Å². The van der Waals surface area contributed by atoms with Crippen molar-refractivity contribution in [1.29, 1.82) is 0 Å². The first-order valence-electron chi connectivity index (χ1n) is 5.30. The number of aromatic nitrogens is 2. The molecule has 1 aliphatic heterocycles. The number of hydrogen-bond donors (Lipinski definition) is 2. The topological polar surface area (TPSA) is 59.1 Å². The van der Waals surface area contributed by atoms with Crippen molar-refractivity contribution >= 4 is 5.82 Å². The molecule has 0 aliphatic carbocycles. The van der Waals surface area contributed by atoms with Gasteiger partial charge in [-0.05, 0) is 6.42 Å². The highest BCUT2D eigenvalue weighted by Gasteiger charge is 2.16. The largest absolute Gasteiger partial charge is 0.478 e. The van der Waals surface area contributed by atoms with Crippen LogP contribution in [-0.4, -0.2) is 35.7 Å². The second-order valence-corrected chi connectivity index (χ2v) is 3.59. The van der Waals surface area contributed by atoms with Gasteiger partial charge in [-0.15, -0.1) is 0 Å². The van der Waals surface area contributed by atoms with Crippen LogP contribution in [0.1, 0.15) is 13.3 Å². The van der Waals surface area contributed by atoms with Crippen LogP contribution in [0.15, 0.2) is 12.4 Å². The van der Waals surface area contributed by atoms with Crippen LogP contribution in [-0.2, 0) is 0 Å². The van der Waals surface area contributed by atoms with Gasteiger partial charge >= 0.3 is 0 Å². The number of hydrogen-bond acceptors (Lipinski definition) is 5. The third kappa shape index (κ3) is 2.79. The van der Waals surface area contributed by atoms with Crippen molar-refractivity contribution < 1.29 is 4.74 Å². The molecule has 2 heterocycles. The molecule has 5 nitrogen and oxygen atoms in total. The number of nitrogens with zero attached hydrogens (tertiary/aromatic N) is 2. The average Bonchev–Trinajstić information content (AvgIpc) is 2.21. The smallest absolute Gasteiger partial charge is 0.218 e. The lowest BCUT2D eigenvalue weighted by molar-refractivity contribution is 0.305. The minimum atomic E-state index is 0.485. The van der Waals surface area contributed by atoms with Gasteiger partial charge in [0, 0.05) is 19.2 Å². The minimum absolute atomic E-state index is 0.485. The van der Waals surface area contributed by atoms with Crippen molar-refractivity contribution in [2.24, 2.45) is 0 Å². The second-order valence-electron chi connectivity index (χ2n) is 3.59. The molecule has 0 unspecified atom stereocenters. The van der Waals surface area contributed by atoms with Gasteiger partial charge in [0.25, 0.3) is 0 Å². The third-order valence-electron chi connectivity index (χ3n) is 2.23. The summed E-state index contributed by atoms with van der Waals surface area (Å²) in [6, 6.07) is 2.33. The van der Waals surface area contributed by atoms with Gasteiger partial charge in [0.1, 0.15) is 12.1 Å². The molecule has 0 aromatic carbocycles. The van der Waals surface area contributed by atoms with E-state index in [4.69, 9.17) is 4.74 Å². The van der Waals surface area contributed by atoms with Crippen LogP contribution >= 0.6 is 0 Å². The summed E-state index contributed by atoms with van der Waals surface area (Å²) >= 11 is 0. The highest BCUT2D eigenvalue weighted by atomic mass is 16.5. The molecule has 1 aromatic rings. The molecule has 2 N–H and O–H groups in total. The predicted molar refractivity (Wildman–Crippen MR) is 58.1 cm³/mol. The fourth-order valence-electron chi connectivity index (χ4n) is 1.30.